The third kappa shape index (κ3) is 4.10. The summed E-state index contributed by atoms with van der Waals surface area (Å²) in [5.74, 6) is 0.0210. The topological polar surface area (TPSA) is 111 Å². The minimum atomic E-state index is -1.33. The Morgan fingerprint density at radius 2 is 2.12 bits per heavy atom. The highest BCUT2D eigenvalue weighted by Crippen LogP contribution is 2.31. The lowest BCUT2D eigenvalue weighted by Gasteiger charge is -2.35. The van der Waals surface area contributed by atoms with Crippen LogP contribution in [0.15, 0.2) is 18.2 Å². The Labute approximate surface area is 147 Å². The number of nitrogens with zero attached hydrogens (tertiary/aromatic N) is 1. The Morgan fingerprint density at radius 3 is 2.76 bits per heavy atom. The van der Waals surface area contributed by atoms with E-state index in [1.807, 2.05) is 0 Å². The van der Waals surface area contributed by atoms with E-state index in [0.29, 0.717) is 25.6 Å². The molecular weight excluding hydrogens is 349 g/mol. The van der Waals surface area contributed by atoms with Gasteiger partial charge in [0.05, 0.1) is 4.92 Å². The molecule has 3 unspecified atom stereocenters. The second kappa shape index (κ2) is 7.67. The number of nitro groups is 1. The molecule has 1 aromatic rings. The van der Waals surface area contributed by atoms with Gasteiger partial charge in [0, 0.05) is 37.3 Å². The number of nitrogens with one attached hydrogen (secondary N) is 2. The van der Waals surface area contributed by atoms with E-state index in [1.165, 1.54) is 0 Å². The predicted molar refractivity (Wildman–Crippen MR) is 91.6 cm³/mol. The zero-order chi connectivity index (χ0) is 18.0. The summed E-state index contributed by atoms with van der Waals surface area (Å²) in [5, 5.41) is 21.6. The summed E-state index contributed by atoms with van der Waals surface area (Å²) in [5.41, 5.74) is -0.142. The first-order valence-electron chi connectivity index (χ1n) is 8.19. The van der Waals surface area contributed by atoms with Gasteiger partial charge >= 0.3 is 0 Å². The Balaban J connectivity index is 1.72. The van der Waals surface area contributed by atoms with Crippen molar-refractivity contribution in [3.05, 3.63) is 39.7 Å². The molecule has 0 amide bonds. The summed E-state index contributed by atoms with van der Waals surface area (Å²) in [6.45, 7) is 1.37. The molecule has 2 heterocycles. The smallest absolute Gasteiger partial charge is 0.269 e. The van der Waals surface area contributed by atoms with Crippen LogP contribution >= 0.6 is 0 Å². The van der Waals surface area contributed by atoms with Crippen LogP contribution in [0, 0.1) is 27.3 Å². The summed E-state index contributed by atoms with van der Waals surface area (Å²) in [6.07, 6.45) is 2.43. The van der Waals surface area contributed by atoms with Gasteiger partial charge in [-0.1, -0.05) is 0 Å². The maximum absolute atomic E-state index is 14.1. The van der Waals surface area contributed by atoms with E-state index in [4.69, 9.17) is 10.1 Å². The number of benzene rings is 1. The lowest BCUT2D eigenvalue weighted by atomic mass is 9.94. The highest BCUT2D eigenvalue weighted by molar-refractivity contribution is 7.92. The van der Waals surface area contributed by atoms with E-state index in [-0.39, 0.29) is 22.8 Å². The largest absolute Gasteiger partial charge is 0.616 e. The van der Waals surface area contributed by atoms with Crippen LogP contribution in [0.4, 0.5) is 10.1 Å². The van der Waals surface area contributed by atoms with Crippen LogP contribution in [0.25, 0.3) is 0 Å². The summed E-state index contributed by atoms with van der Waals surface area (Å²) >= 11 is -1.33. The van der Waals surface area contributed by atoms with Gasteiger partial charge in [0.1, 0.15) is 23.4 Å². The van der Waals surface area contributed by atoms with Crippen LogP contribution in [0.5, 0.6) is 0 Å². The van der Waals surface area contributed by atoms with Crippen LogP contribution in [0.3, 0.4) is 0 Å². The molecular formula is C16H20FN3O4S. The van der Waals surface area contributed by atoms with Gasteiger partial charge in [-0.2, -0.15) is 0 Å². The first-order chi connectivity index (χ1) is 12.0. The van der Waals surface area contributed by atoms with Crippen molar-refractivity contribution in [2.45, 2.75) is 30.6 Å². The fourth-order valence-corrected chi connectivity index (χ4v) is 4.96. The predicted octanol–water partition coefficient (Wildman–Crippen LogP) is 2.29. The Morgan fingerprint density at radius 1 is 1.40 bits per heavy atom. The lowest BCUT2D eigenvalue weighted by Crippen LogP contribution is -2.51. The molecule has 0 bridgehead atoms. The molecule has 0 spiro atoms. The molecule has 2 aliphatic rings. The van der Waals surface area contributed by atoms with E-state index >= 15 is 0 Å². The van der Waals surface area contributed by atoms with Crippen molar-refractivity contribution in [2.24, 2.45) is 5.92 Å². The van der Waals surface area contributed by atoms with E-state index in [9.17, 15) is 19.1 Å². The molecule has 2 saturated heterocycles. The highest BCUT2D eigenvalue weighted by Gasteiger charge is 2.39. The molecule has 2 fully saturated rings. The third-order valence-corrected chi connectivity index (χ3v) is 6.48. The van der Waals surface area contributed by atoms with Crippen LogP contribution in [0.1, 0.15) is 30.9 Å². The number of halogens is 1. The molecule has 0 aromatic heterocycles. The van der Waals surface area contributed by atoms with Gasteiger partial charge in [-0.05, 0) is 36.0 Å². The van der Waals surface area contributed by atoms with Gasteiger partial charge in [0.2, 0.25) is 0 Å². The first-order valence-corrected chi connectivity index (χ1v) is 9.57. The number of hydrogen-bond acceptors (Lipinski definition) is 5. The average Bonchev–Trinajstić information content (AvgIpc) is 2.59. The molecule has 136 valence electrons. The summed E-state index contributed by atoms with van der Waals surface area (Å²) in [6, 6.07) is 2.59. The summed E-state index contributed by atoms with van der Waals surface area (Å²) in [7, 11) is 0. The molecule has 25 heavy (non-hydrogen) atoms. The standard InChI is InChI=1S/C16H20FN3O4S/c17-13-2-1-11(20(21)22)8-12(13)14-9-25(23)15(16(18)19-14)7-10-3-5-24-6-4-10/h1-2,8,10,14-15H,3-7,9H2,(H2,18,19). The van der Waals surface area contributed by atoms with Crippen molar-refractivity contribution in [1.82, 2.24) is 5.32 Å². The van der Waals surface area contributed by atoms with Crippen LogP contribution < -0.4 is 5.32 Å². The molecule has 2 N–H and O–H groups in total. The maximum Gasteiger partial charge on any atom is 0.269 e. The maximum atomic E-state index is 14.1. The van der Waals surface area contributed by atoms with E-state index in [0.717, 1.165) is 31.0 Å². The van der Waals surface area contributed by atoms with Crippen molar-refractivity contribution >= 4 is 22.7 Å². The Hall–Kier alpha value is -1.71. The monoisotopic (exact) mass is 369 g/mol. The van der Waals surface area contributed by atoms with Crippen molar-refractivity contribution in [3.63, 3.8) is 0 Å². The minimum Gasteiger partial charge on any atom is -0.616 e. The normalized spacial score (nSPS) is 27.8. The quantitative estimate of drug-likeness (QED) is 0.480. The zero-order valence-corrected chi connectivity index (χ0v) is 14.4. The van der Waals surface area contributed by atoms with E-state index in [1.54, 1.807) is 0 Å². The lowest BCUT2D eigenvalue weighted by molar-refractivity contribution is -0.385. The zero-order valence-electron chi connectivity index (χ0n) is 13.6. The van der Waals surface area contributed by atoms with Gasteiger partial charge in [0.15, 0.2) is 5.25 Å². The second-order valence-electron chi connectivity index (χ2n) is 6.40. The number of non-ortho nitro benzene ring substituents is 1. The molecule has 9 heteroatoms. The molecule has 7 nitrogen and oxygen atoms in total. The molecule has 0 aliphatic carbocycles. The number of nitro benzene ring substituents is 1. The van der Waals surface area contributed by atoms with Gasteiger partial charge < -0.3 is 14.6 Å². The van der Waals surface area contributed by atoms with Crippen molar-refractivity contribution in [2.75, 3.05) is 19.0 Å². The van der Waals surface area contributed by atoms with E-state index in [2.05, 4.69) is 5.32 Å². The molecule has 0 saturated carbocycles. The van der Waals surface area contributed by atoms with Crippen molar-refractivity contribution in [3.8, 4) is 0 Å². The molecule has 2 aliphatic heterocycles. The third-order valence-electron chi connectivity index (χ3n) is 4.75. The van der Waals surface area contributed by atoms with Crippen LogP contribution in [0.2, 0.25) is 0 Å². The highest BCUT2D eigenvalue weighted by atomic mass is 32.2. The van der Waals surface area contributed by atoms with Gasteiger partial charge in [0.25, 0.3) is 5.69 Å². The number of ether oxygens (including phenoxy) is 1. The summed E-state index contributed by atoms with van der Waals surface area (Å²) < 4.78 is 32.0. The van der Waals surface area contributed by atoms with Crippen LogP contribution in [-0.4, -0.2) is 39.5 Å². The minimum absolute atomic E-state index is 0.0804. The summed E-state index contributed by atoms with van der Waals surface area (Å²) in [4.78, 5) is 10.3. The average molecular weight is 369 g/mol. The van der Waals surface area contributed by atoms with Crippen LogP contribution in [-0.2, 0) is 15.9 Å². The van der Waals surface area contributed by atoms with Crippen molar-refractivity contribution < 1.29 is 18.6 Å². The van der Waals surface area contributed by atoms with Gasteiger partial charge in [-0.25, -0.2) is 4.39 Å². The Kier molecular flexibility index (Phi) is 5.55. The number of hydrogen-bond donors (Lipinski definition) is 2. The Bertz CT molecular complexity index is 669. The fraction of sp³-hybridized carbons (Fsp3) is 0.562. The first kappa shape index (κ1) is 18.1. The second-order valence-corrected chi connectivity index (χ2v) is 8.06. The van der Waals surface area contributed by atoms with Gasteiger partial charge in [-0.3, -0.25) is 15.5 Å². The van der Waals surface area contributed by atoms with E-state index < -0.39 is 33.2 Å². The molecule has 3 rings (SSSR count). The number of amidine groups is 1. The fourth-order valence-electron chi connectivity index (χ4n) is 3.32. The molecule has 0 radical (unpaired) electrons. The molecule has 3 atom stereocenters. The SMILES string of the molecule is N=C1NC(c2cc([N+](=O)[O-])ccc2F)C[S+]([O-])C1CC1CCOCC1. The van der Waals surface area contributed by atoms with Crippen molar-refractivity contribution in [1.29, 1.82) is 5.41 Å². The van der Waals surface area contributed by atoms with Gasteiger partial charge in [-0.15, -0.1) is 0 Å². The molecule has 1 aromatic carbocycles. The number of rotatable bonds is 4.